The van der Waals surface area contributed by atoms with E-state index in [0.29, 0.717) is 5.56 Å². The zero-order valence-electron chi connectivity index (χ0n) is 30.6. The Hall–Kier alpha value is -5.81. The minimum Gasteiger partial charge on any atom is -0.508 e. The molecule has 3 heterocycles. The molecule has 3 aromatic rings. The second-order valence-electron chi connectivity index (χ2n) is 13.8. The summed E-state index contributed by atoms with van der Waals surface area (Å²) in [5, 5.41) is 113. The predicted octanol–water partition coefficient (Wildman–Crippen LogP) is -1.17. The van der Waals surface area contributed by atoms with Crippen LogP contribution in [0.25, 0.3) is 12.2 Å². The first-order valence-electron chi connectivity index (χ1n) is 18.0. The van der Waals surface area contributed by atoms with Gasteiger partial charge < -0.3 is 79.9 Å². The van der Waals surface area contributed by atoms with Gasteiger partial charge in [-0.1, -0.05) is 18.2 Å². The standard InChI is InChI=1S/C39H41NO19/c41-15-27-31(48)34(51)36(59-30(47)10-5-18-3-8-23(43)24(44)11-18)39(57-27)55-16-28-32(49)33(50)35(52)38(58-28)56-26-14-21-19(13-25(26)45)12-22(37(53)54)40(21)29(46)9-4-17-1-6-20(42)7-2-17/h1-11,13-14,22,27-28,31-36,38-39,41-45,48-52H,12,15-16H2,(H,53,54)/b9-4+,10-5+/t22-,27+,28+,31+,32+,33-,34-,35+,36+,38+,39+/m0/s1. The highest BCUT2D eigenvalue weighted by atomic mass is 16.7. The summed E-state index contributed by atoms with van der Waals surface area (Å²) in [6, 6.07) is 10.4. The van der Waals surface area contributed by atoms with Crippen molar-refractivity contribution in [3.05, 3.63) is 83.4 Å². The van der Waals surface area contributed by atoms with Gasteiger partial charge in [0.05, 0.1) is 18.9 Å². The smallest absolute Gasteiger partial charge is 0.331 e. The molecular weight excluding hydrogens is 786 g/mol. The Balaban J connectivity index is 1.17. The van der Waals surface area contributed by atoms with Crippen LogP contribution < -0.4 is 9.64 Å². The summed E-state index contributed by atoms with van der Waals surface area (Å²) in [7, 11) is 0. The molecule has 0 aromatic heterocycles. The number of phenols is 4. The number of benzene rings is 3. The number of hydrogen-bond donors (Lipinski definition) is 11. The highest BCUT2D eigenvalue weighted by Gasteiger charge is 2.50. The molecule has 20 heteroatoms. The summed E-state index contributed by atoms with van der Waals surface area (Å²) in [6.45, 7) is -1.55. The van der Waals surface area contributed by atoms with Gasteiger partial charge in [0, 0.05) is 24.6 Å². The van der Waals surface area contributed by atoms with Gasteiger partial charge in [0.2, 0.25) is 6.29 Å². The van der Waals surface area contributed by atoms with Gasteiger partial charge in [-0.15, -0.1) is 0 Å². The Bertz CT molecular complexity index is 2070. The Labute approximate surface area is 333 Å². The molecule has 11 atom stereocenters. The molecule has 2 saturated heterocycles. The molecule has 0 radical (unpaired) electrons. The van der Waals surface area contributed by atoms with Crippen molar-refractivity contribution in [2.45, 2.75) is 73.9 Å². The van der Waals surface area contributed by atoms with Crippen LogP contribution in [-0.4, -0.2) is 155 Å². The molecule has 3 aliphatic rings. The normalized spacial score (nSPS) is 29.4. The molecule has 0 aliphatic carbocycles. The third kappa shape index (κ3) is 9.41. The number of carbonyl (C=O) groups is 3. The SMILES string of the molecule is O=C(/C=C/c1ccc(O)c(O)c1)O[C@H]1[C@H](OC[C@H]2O[C@@H](Oc3cc4c(cc3O)C[C@@H](C(=O)O)N4C(=O)/C=C/c3ccc(O)cc3)[C@H](O)[C@@H](O)[C@@H]2O)O[C@H](CO)[C@@H](O)[C@@H]1O. The first-order chi connectivity index (χ1) is 28.1. The molecule has 0 bridgehead atoms. The Morgan fingerprint density at radius 3 is 2.07 bits per heavy atom. The Morgan fingerprint density at radius 2 is 1.39 bits per heavy atom. The third-order valence-electron chi connectivity index (χ3n) is 9.80. The van der Waals surface area contributed by atoms with Crippen LogP contribution >= 0.6 is 0 Å². The predicted molar refractivity (Wildman–Crippen MR) is 198 cm³/mol. The summed E-state index contributed by atoms with van der Waals surface area (Å²) in [6.07, 6.45) is -13.4. The number of aliphatic hydroxyl groups is 6. The second-order valence-corrected chi connectivity index (χ2v) is 13.8. The Morgan fingerprint density at radius 1 is 0.729 bits per heavy atom. The van der Waals surface area contributed by atoms with Crippen LogP contribution in [0.4, 0.5) is 5.69 Å². The van der Waals surface area contributed by atoms with Crippen LogP contribution in [0, 0.1) is 0 Å². The van der Waals surface area contributed by atoms with Gasteiger partial charge in [-0.2, -0.15) is 0 Å². The van der Waals surface area contributed by atoms with E-state index < -0.39 is 122 Å². The van der Waals surface area contributed by atoms with Crippen molar-refractivity contribution < 1.29 is 94.2 Å². The van der Waals surface area contributed by atoms with E-state index in [9.17, 15) is 70.6 Å². The lowest BCUT2D eigenvalue weighted by molar-refractivity contribution is -0.324. The minimum absolute atomic E-state index is 0.00341. The highest BCUT2D eigenvalue weighted by molar-refractivity contribution is 6.09. The summed E-state index contributed by atoms with van der Waals surface area (Å²) in [5.74, 6) is -5.06. The van der Waals surface area contributed by atoms with E-state index in [2.05, 4.69) is 0 Å². The van der Waals surface area contributed by atoms with E-state index in [1.165, 1.54) is 48.6 Å². The molecule has 1 amide bonds. The van der Waals surface area contributed by atoms with Crippen LogP contribution in [0.1, 0.15) is 16.7 Å². The van der Waals surface area contributed by atoms with Crippen molar-refractivity contribution in [2.75, 3.05) is 18.1 Å². The molecule has 2 fully saturated rings. The summed E-state index contributed by atoms with van der Waals surface area (Å²) in [5.41, 5.74) is 1.08. The quantitative estimate of drug-likeness (QED) is 0.0582. The molecular formula is C39H41NO19. The number of fused-ring (bicyclic) bond motifs is 1. The van der Waals surface area contributed by atoms with Crippen LogP contribution in [0.5, 0.6) is 28.7 Å². The van der Waals surface area contributed by atoms with Crippen molar-refractivity contribution in [2.24, 2.45) is 0 Å². The number of carboxylic acids is 1. The van der Waals surface area contributed by atoms with E-state index in [1.54, 1.807) is 0 Å². The third-order valence-corrected chi connectivity index (χ3v) is 9.80. The number of esters is 1. The molecule has 20 nitrogen and oxygen atoms in total. The van der Waals surface area contributed by atoms with Gasteiger partial charge >= 0.3 is 11.9 Å². The number of ether oxygens (including phenoxy) is 5. The molecule has 6 rings (SSSR count). The number of anilines is 1. The molecule has 59 heavy (non-hydrogen) atoms. The average Bonchev–Trinajstić information content (AvgIpc) is 3.58. The molecule has 3 aromatic carbocycles. The fourth-order valence-electron chi connectivity index (χ4n) is 6.62. The first-order valence-corrected chi connectivity index (χ1v) is 18.0. The van der Waals surface area contributed by atoms with E-state index >= 15 is 0 Å². The highest BCUT2D eigenvalue weighted by Crippen LogP contribution is 2.42. The molecule has 0 unspecified atom stereocenters. The number of aliphatic hydroxyl groups excluding tert-OH is 6. The lowest BCUT2D eigenvalue weighted by atomic mass is 9.98. The van der Waals surface area contributed by atoms with Crippen LogP contribution in [-0.2, 0) is 39.8 Å². The maximum atomic E-state index is 13.4. The maximum absolute atomic E-state index is 13.4. The van der Waals surface area contributed by atoms with Gasteiger partial charge in [0.1, 0.15) is 54.5 Å². The van der Waals surface area contributed by atoms with Crippen molar-refractivity contribution in [3.8, 4) is 28.7 Å². The maximum Gasteiger partial charge on any atom is 0.331 e. The largest absolute Gasteiger partial charge is 0.508 e. The number of aromatic hydroxyl groups is 4. The van der Waals surface area contributed by atoms with Gasteiger partial charge in [-0.3, -0.25) is 9.69 Å². The molecule has 0 saturated carbocycles. The lowest BCUT2D eigenvalue weighted by Gasteiger charge is -2.43. The number of amides is 1. The van der Waals surface area contributed by atoms with E-state index in [0.717, 1.165) is 35.3 Å². The number of aliphatic carboxylic acids is 1. The van der Waals surface area contributed by atoms with Gasteiger partial charge in [0.25, 0.3) is 5.91 Å². The number of carboxylic acid groups (broad SMARTS) is 1. The number of nitrogens with zero attached hydrogens (tertiary/aromatic N) is 1. The molecule has 11 N–H and O–H groups in total. The van der Waals surface area contributed by atoms with Gasteiger partial charge in [0.15, 0.2) is 35.4 Å². The van der Waals surface area contributed by atoms with Crippen LogP contribution in [0.2, 0.25) is 0 Å². The topological polar surface area (TPSA) is 323 Å². The zero-order valence-corrected chi connectivity index (χ0v) is 30.6. The first kappa shape index (κ1) is 42.8. The van der Waals surface area contributed by atoms with E-state index in [1.807, 2.05) is 0 Å². The van der Waals surface area contributed by atoms with Crippen molar-refractivity contribution in [1.29, 1.82) is 0 Å². The average molecular weight is 828 g/mol. The van der Waals surface area contributed by atoms with Crippen molar-refractivity contribution in [3.63, 3.8) is 0 Å². The van der Waals surface area contributed by atoms with Crippen LogP contribution in [0.15, 0.2) is 66.7 Å². The summed E-state index contributed by atoms with van der Waals surface area (Å²) < 4.78 is 27.9. The van der Waals surface area contributed by atoms with Crippen molar-refractivity contribution >= 4 is 35.7 Å². The zero-order chi connectivity index (χ0) is 42.7. The van der Waals surface area contributed by atoms with Gasteiger partial charge in [-0.25, -0.2) is 9.59 Å². The monoisotopic (exact) mass is 827 g/mol. The molecule has 3 aliphatic heterocycles. The number of hydrogen-bond acceptors (Lipinski definition) is 18. The second kappa shape index (κ2) is 18.0. The van der Waals surface area contributed by atoms with E-state index in [4.69, 9.17) is 23.7 Å². The fraction of sp³-hybridized carbons (Fsp3) is 0.359. The lowest BCUT2D eigenvalue weighted by Crippen LogP contribution is -2.62. The van der Waals surface area contributed by atoms with Crippen LogP contribution in [0.3, 0.4) is 0 Å². The number of rotatable bonds is 12. The van der Waals surface area contributed by atoms with Gasteiger partial charge in [-0.05, 0) is 59.2 Å². The number of phenolic OH excluding ortho intramolecular Hbond substituents is 4. The van der Waals surface area contributed by atoms with E-state index in [-0.39, 0.29) is 29.0 Å². The fourth-order valence-corrected chi connectivity index (χ4v) is 6.62. The summed E-state index contributed by atoms with van der Waals surface area (Å²) >= 11 is 0. The number of carbonyl (C=O) groups excluding carboxylic acids is 2. The van der Waals surface area contributed by atoms with Crippen molar-refractivity contribution in [1.82, 2.24) is 0 Å². The minimum atomic E-state index is -1.97. The molecule has 0 spiro atoms. The Kier molecular flexibility index (Phi) is 13.0. The molecule has 316 valence electrons. The summed E-state index contributed by atoms with van der Waals surface area (Å²) in [4.78, 5) is 39.3.